The molecule has 8 rings (SSSR count). The predicted molar refractivity (Wildman–Crippen MR) is 220 cm³/mol. The second-order valence-corrected chi connectivity index (χ2v) is 19.0. The fourth-order valence-electron chi connectivity index (χ4n) is 10.8. The van der Waals surface area contributed by atoms with Gasteiger partial charge < -0.3 is 62.3 Å². The first-order chi connectivity index (χ1) is 29.0. The van der Waals surface area contributed by atoms with E-state index >= 15 is 0 Å². The zero-order valence-electron chi connectivity index (χ0n) is 37.4. The highest BCUT2D eigenvalue weighted by atomic mass is 16.8. The summed E-state index contributed by atoms with van der Waals surface area (Å²) in [7, 11) is 3.23. The van der Waals surface area contributed by atoms with Gasteiger partial charge in [0, 0.05) is 51.7 Å². The van der Waals surface area contributed by atoms with Crippen molar-refractivity contribution in [1.82, 2.24) is 0 Å². The van der Waals surface area contributed by atoms with Gasteiger partial charge in [-0.05, 0) is 62.8 Å². The molecule has 0 amide bonds. The Kier molecular flexibility index (Phi) is 13.0. The molecule has 2 bridgehead atoms. The highest BCUT2D eigenvalue weighted by molar-refractivity contribution is 5.79. The topological polar surface area (TPSA) is 162 Å². The number of carbonyl (C=O) groups is 1. The van der Waals surface area contributed by atoms with Crippen molar-refractivity contribution in [1.29, 1.82) is 0 Å². The van der Waals surface area contributed by atoms with Crippen molar-refractivity contribution >= 4 is 5.97 Å². The van der Waals surface area contributed by atoms with Gasteiger partial charge >= 0.3 is 5.97 Å². The third-order valence-electron chi connectivity index (χ3n) is 14.3. The number of aliphatic hydroxyl groups excluding tert-OH is 1. The number of hydrogen-bond donors (Lipinski definition) is 2. The fraction of sp³-hybridized carbons (Fsp3) is 0.766. The van der Waals surface area contributed by atoms with E-state index in [4.69, 9.17) is 52.1 Å². The van der Waals surface area contributed by atoms with E-state index in [1.807, 2.05) is 38.2 Å². The molecular weight excluding hydrogens is 789 g/mol. The average Bonchev–Trinajstić information content (AvgIpc) is 3.91. The molecule has 0 unspecified atom stereocenters. The lowest BCUT2D eigenvalue weighted by Crippen LogP contribution is -2.56. The van der Waals surface area contributed by atoms with Gasteiger partial charge in [-0.15, -0.1) is 0 Å². The van der Waals surface area contributed by atoms with E-state index < -0.39 is 90.5 Å². The molecule has 340 valence electrons. The first kappa shape index (κ1) is 45.3. The van der Waals surface area contributed by atoms with Gasteiger partial charge in [-0.2, -0.15) is 0 Å². The van der Waals surface area contributed by atoms with Crippen molar-refractivity contribution in [3.8, 4) is 0 Å². The van der Waals surface area contributed by atoms with Crippen LogP contribution in [0.4, 0.5) is 0 Å². The van der Waals surface area contributed by atoms with Gasteiger partial charge in [-0.3, -0.25) is 4.79 Å². The average molecular weight is 857 g/mol. The van der Waals surface area contributed by atoms with Crippen LogP contribution in [0.5, 0.6) is 0 Å². The number of aliphatic hydroxyl groups is 2. The number of allylic oxidation sites excluding steroid dienone is 2. The van der Waals surface area contributed by atoms with Gasteiger partial charge in [0.15, 0.2) is 24.0 Å². The number of fused-ring (bicyclic) bond motifs is 2. The third-order valence-corrected chi connectivity index (χ3v) is 14.3. The Morgan fingerprint density at radius 1 is 0.852 bits per heavy atom. The molecule has 2 N–H and O–H groups in total. The van der Waals surface area contributed by atoms with E-state index in [-0.39, 0.29) is 42.7 Å². The highest BCUT2D eigenvalue weighted by Gasteiger charge is 2.80. The quantitative estimate of drug-likeness (QED) is 0.191. The van der Waals surface area contributed by atoms with Gasteiger partial charge in [0.05, 0.1) is 49.3 Å². The molecule has 5 saturated heterocycles. The van der Waals surface area contributed by atoms with Crippen LogP contribution in [0.15, 0.2) is 59.3 Å². The van der Waals surface area contributed by atoms with Crippen LogP contribution in [0.1, 0.15) is 87.5 Å². The van der Waals surface area contributed by atoms with Crippen LogP contribution in [-0.4, -0.2) is 134 Å². The largest absolute Gasteiger partial charge is 0.462 e. The lowest BCUT2D eigenvalue weighted by molar-refractivity contribution is -0.318. The molecule has 7 aliphatic heterocycles. The number of ether oxygens (including phenoxy) is 11. The fourth-order valence-corrected chi connectivity index (χ4v) is 10.8. The smallest absolute Gasteiger partial charge is 0.316 e. The van der Waals surface area contributed by atoms with Crippen LogP contribution in [-0.2, 0) is 56.9 Å². The Labute approximate surface area is 360 Å². The summed E-state index contributed by atoms with van der Waals surface area (Å²) >= 11 is 0. The SMILES string of the molecule is CO[C@H]1C[C@H](O[C@H]2[C@H](C)O[C@@H](O[C@@H]3/C(C)=C/C[C@@H]4C[C@@H](C[C@]5(C=C[C@H](C)[C@@H](C(C)C)O5)O4)OC(=O)[C@@H]4C=C(C)[C@H]5O[C@@]56OC/C(=C\C=C\[C@@H]3C)[C@@]46O)C[C@@H]2OC)O[C@@H](C)[C@@H]1O. The van der Waals surface area contributed by atoms with Crippen molar-refractivity contribution in [2.45, 2.75) is 184 Å². The highest BCUT2D eigenvalue weighted by Crippen LogP contribution is 2.62. The number of rotatable bonds is 7. The zero-order chi connectivity index (χ0) is 43.6. The van der Waals surface area contributed by atoms with Gasteiger partial charge in [0.25, 0.3) is 0 Å². The molecule has 1 aliphatic carbocycles. The second-order valence-electron chi connectivity index (χ2n) is 19.0. The third kappa shape index (κ3) is 8.43. The Balaban J connectivity index is 1.08. The lowest BCUT2D eigenvalue weighted by atomic mass is 9.72. The van der Waals surface area contributed by atoms with Gasteiger partial charge in [-0.1, -0.05) is 64.2 Å². The van der Waals surface area contributed by atoms with E-state index in [9.17, 15) is 15.0 Å². The van der Waals surface area contributed by atoms with Crippen LogP contribution in [0, 0.1) is 23.7 Å². The summed E-state index contributed by atoms with van der Waals surface area (Å²) in [5.41, 5.74) is 0.571. The summed E-state index contributed by atoms with van der Waals surface area (Å²) in [5.74, 6) is -3.79. The van der Waals surface area contributed by atoms with Crippen molar-refractivity contribution < 1.29 is 67.1 Å². The second kappa shape index (κ2) is 17.6. The minimum atomic E-state index is -1.77. The van der Waals surface area contributed by atoms with Crippen molar-refractivity contribution in [3.63, 3.8) is 0 Å². The van der Waals surface area contributed by atoms with E-state index in [1.165, 1.54) is 0 Å². The normalized spacial score (nSPS) is 51.0. The number of epoxide rings is 1. The Morgan fingerprint density at radius 2 is 1.57 bits per heavy atom. The Bertz CT molecular complexity index is 1770. The Hall–Kier alpha value is -2.31. The summed E-state index contributed by atoms with van der Waals surface area (Å²) in [4.78, 5) is 14.4. The Morgan fingerprint density at radius 3 is 2.31 bits per heavy atom. The van der Waals surface area contributed by atoms with E-state index in [0.29, 0.717) is 37.7 Å². The molecule has 61 heavy (non-hydrogen) atoms. The van der Waals surface area contributed by atoms with Crippen LogP contribution in [0.3, 0.4) is 0 Å². The van der Waals surface area contributed by atoms with E-state index in [1.54, 1.807) is 27.2 Å². The molecule has 0 aromatic heterocycles. The zero-order valence-corrected chi connectivity index (χ0v) is 37.4. The first-order valence-corrected chi connectivity index (χ1v) is 22.4. The van der Waals surface area contributed by atoms with Gasteiger partial charge in [0.2, 0.25) is 5.79 Å². The maximum atomic E-state index is 14.4. The minimum absolute atomic E-state index is 0.0924. The molecule has 2 spiro atoms. The number of methoxy groups -OCH3 is 2. The molecule has 0 aromatic rings. The molecule has 0 aromatic carbocycles. The summed E-state index contributed by atoms with van der Waals surface area (Å²) in [6, 6.07) is 0. The standard InChI is InChI=1S/C47H68O14/c1-24(2)40-27(5)16-17-45(60-40)22-33-19-32(59-45)15-14-26(4)41(57-38-21-36(52-10)42(30(8)55-38)58-37-20-35(51-9)39(48)29(7)54-37)25(3)12-11-13-31-23-53-47-43(61-47)28(6)18-34(44(49)56-33)46(31,47)50/h11-14,16-18,24-25,27,29-30,32-43,48,50H,15,19-23H2,1-10H3/b12-11+,26-14+,31-13+/t25-,27-,29-,30-,32+,33-,34-,35-,36-,37-,38-,39-,40+,41-,42-,43+,45+,46+,47-/m0/s1. The molecule has 7 heterocycles. The van der Waals surface area contributed by atoms with Gasteiger partial charge in [0.1, 0.15) is 30.3 Å². The van der Waals surface area contributed by atoms with Crippen molar-refractivity contribution in [3.05, 3.63) is 59.3 Å². The van der Waals surface area contributed by atoms with Gasteiger partial charge in [-0.25, -0.2) is 0 Å². The molecular formula is C47H68O14. The van der Waals surface area contributed by atoms with Crippen LogP contribution >= 0.6 is 0 Å². The molecule has 14 heteroatoms. The summed E-state index contributed by atoms with van der Waals surface area (Å²) in [5, 5.41) is 23.2. The molecule has 19 atom stereocenters. The molecule has 0 saturated carbocycles. The number of hydrogen-bond acceptors (Lipinski definition) is 14. The maximum Gasteiger partial charge on any atom is 0.316 e. The van der Waals surface area contributed by atoms with Crippen molar-refractivity contribution in [2.24, 2.45) is 23.7 Å². The summed E-state index contributed by atoms with van der Waals surface area (Å²) in [6.07, 6.45) is 9.84. The molecule has 5 fully saturated rings. The molecule has 0 radical (unpaired) electrons. The molecule has 14 nitrogen and oxygen atoms in total. The maximum absolute atomic E-state index is 14.4. The monoisotopic (exact) mass is 856 g/mol. The van der Waals surface area contributed by atoms with E-state index in [0.717, 1.165) is 11.1 Å². The predicted octanol–water partition coefficient (Wildman–Crippen LogP) is 5.35. The lowest BCUT2D eigenvalue weighted by Gasteiger charge is -2.48. The first-order valence-electron chi connectivity index (χ1n) is 22.4. The number of carbonyl (C=O) groups excluding carboxylic acids is 1. The van der Waals surface area contributed by atoms with Crippen LogP contribution < -0.4 is 0 Å². The van der Waals surface area contributed by atoms with E-state index in [2.05, 4.69) is 46.8 Å². The van der Waals surface area contributed by atoms with Crippen LogP contribution in [0.25, 0.3) is 0 Å². The summed E-state index contributed by atoms with van der Waals surface area (Å²) < 4.78 is 69.9. The number of esters is 1. The molecule has 8 aliphatic rings. The van der Waals surface area contributed by atoms with Crippen LogP contribution in [0.2, 0.25) is 0 Å². The van der Waals surface area contributed by atoms with Crippen molar-refractivity contribution in [2.75, 3.05) is 20.8 Å². The summed E-state index contributed by atoms with van der Waals surface area (Å²) in [6.45, 7) is 16.3. The minimum Gasteiger partial charge on any atom is -0.462 e.